The third kappa shape index (κ3) is 3.20. The standard InChI is InChI=1S/C20H17ClN2O2S/c1-25-16-7-5-14(6-8-16)20(9-10-20)18(24)23-19-22-17(12-26-19)13-3-2-4-15(21)11-13/h2-8,11-12H,9-10H2,1H3,(H,22,23,24). The van der Waals surface area contributed by atoms with Crippen molar-refractivity contribution >= 4 is 34.0 Å². The number of rotatable bonds is 5. The van der Waals surface area contributed by atoms with E-state index >= 15 is 0 Å². The number of carbonyl (C=O) groups excluding carboxylic acids is 1. The zero-order chi connectivity index (χ0) is 18.1. The van der Waals surface area contributed by atoms with Gasteiger partial charge >= 0.3 is 0 Å². The fourth-order valence-electron chi connectivity index (χ4n) is 3.01. The molecule has 1 amide bonds. The quantitative estimate of drug-likeness (QED) is 0.662. The molecule has 0 atom stereocenters. The van der Waals surface area contributed by atoms with Crippen LogP contribution in [0.15, 0.2) is 53.9 Å². The number of carbonyl (C=O) groups is 1. The van der Waals surface area contributed by atoms with E-state index in [9.17, 15) is 4.79 Å². The molecule has 1 N–H and O–H groups in total. The van der Waals surface area contributed by atoms with Gasteiger partial charge in [0.25, 0.3) is 0 Å². The van der Waals surface area contributed by atoms with E-state index in [1.54, 1.807) is 7.11 Å². The van der Waals surface area contributed by atoms with E-state index < -0.39 is 5.41 Å². The number of hydrogen-bond acceptors (Lipinski definition) is 4. The highest BCUT2D eigenvalue weighted by molar-refractivity contribution is 7.14. The summed E-state index contributed by atoms with van der Waals surface area (Å²) in [6.07, 6.45) is 1.69. The number of anilines is 1. The van der Waals surface area contributed by atoms with Crippen LogP contribution in [0.2, 0.25) is 5.02 Å². The molecule has 1 aliphatic carbocycles. The maximum Gasteiger partial charge on any atom is 0.236 e. The topological polar surface area (TPSA) is 51.2 Å². The Morgan fingerprint density at radius 1 is 1.23 bits per heavy atom. The molecule has 26 heavy (non-hydrogen) atoms. The predicted molar refractivity (Wildman–Crippen MR) is 105 cm³/mol. The van der Waals surface area contributed by atoms with Crippen molar-refractivity contribution in [2.24, 2.45) is 0 Å². The maximum atomic E-state index is 12.9. The van der Waals surface area contributed by atoms with Crippen LogP contribution in [0.3, 0.4) is 0 Å². The van der Waals surface area contributed by atoms with Gasteiger partial charge in [0, 0.05) is 16.0 Å². The van der Waals surface area contributed by atoms with Crippen molar-refractivity contribution < 1.29 is 9.53 Å². The van der Waals surface area contributed by atoms with Gasteiger partial charge in [-0.15, -0.1) is 11.3 Å². The predicted octanol–water partition coefficient (Wildman–Crippen LogP) is 5.14. The molecule has 2 aromatic carbocycles. The number of nitrogens with zero attached hydrogens (tertiary/aromatic N) is 1. The lowest BCUT2D eigenvalue weighted by molar-refractivity contribution is -0.118. The molecule has 1 heterocycles. The van der Waals surface area contributed by atoms with E-state index in [0.717, 1.165) is 35.4 Å². The lowest BCUT2D eigenvalue weighted by Gasteiger charge is -2.15. The normalized spacial score (nSPS) is 14.7. The largest absolute Gasteiger partial charge is 0.497 e. The fraction of sp³-hybridized carbons (Fsp3) is 0.200. The van der Waals surface area contributed by atoms with Gasteiger partial charge < -0.3 is 10.1 Å². The molecule has 3 aromatic rings. The highest BCUT2D eigenvalue weighted by atomic mass is 35.5. The molecule has 1 saturated carbocycles. The summed E-state index contributed by atoms with van der Waals surface area (Å²) in [5.74, 6) is 0.783. The summed E-state index contributed by atoms with van der Waals surface area (Å²) >= 11 is 7.46. The number of hydrogen-bond donors (Lipinski definition) is 1. The summed E-state index contributed by atoms with van der Waals surface area (Å²) < 4.78 is 5.19. The molecule has 1 aromatic heterocycles. The summed E-state index contributed by atoms with van der Waals surface area (Å²) in [5.41, 5.74) is 2.31. The molecule has 132 valence electrons. The molecule has 0 radical (unpaired) electrons. The first-order chi connectivity index (χ1) is 12.6. The van der Waals surface area contributed by atoms with Crippen molar-refractivity contribution in [1.29, 1.82) is 0 Å². The van der Waals surface area contributed by atoms with Gasteiger partial charge in [0.15, 0.2) is 5.13 Å². The minimum absolute atomic E-state index is 0.00494. The minimum atomic E-state index is -0.450. The van der Waals surface area contributed by atoms with Crippen molar-refractivity contribution in [2.75, 3.05) is 12.4 Å². The van der Waals surface area contributed by atoms with Gasteiger partial charge in [-0.3, -0.25) is 4.79 Å². The number of methoxy groups -OCH3 is 1. The smallest absolute Gasteiger partial charge is 0.236 e. The van der Waals surface area contributed by atoms with Crippen LogP contribution < -0.4 is 10.1 Å². The molecule has 4 rings (SSSR count). The van der Waals surface area contributed by atoms with Gasteiger partial charge in [0.1, 0.15) is 5.75 Å². The Kier molecular flexibility index (Phi) is 4.42. The van der Waals surface area contributed by atoms with E-state index in [-0.39, 0.29) is 5.91 Å². The number of ether oxygens (including phenoxy) is 1. The van der Waals surface area contributed by atoms with Gasteiger partial charge in [-0.2, -0.15) is 0 Å². The minimum Gasteiger partial charge on any atom is -0.497 e. The average Bonchev–Trinajstić information content (AvgIpc) is 3.35. The average molecular weight is 385 g/mol. The van der Waals surface area contributed by atoms with Crippen molar-refractivity contribution in [3.8, 4) is 17.0 Å². The number of amides is 1. The van der Waals surface area contributed by atoms with E-state index in [2.05, 4.69) is 10.3 Å². The molecule has 0 spiro atoms. The number of aromatic nitrogens is 1. The van der Waals surface area contributed by atoms with Gasteiger partial charge in [-0.25, -0.2) is 4.98 Å². The second-order valence-corrected chi connectivity index (χ2v) is 7.61. The van der Waals surface area contributed by atoms with Gasteiger partial charge in [-0.1, -0.05) is 35.9 Å². The summed E-state index contributed by atoms with van der Waals surface area (Å²) in [6, 6.07) is 15.2. The first kappa shape index (κ1) is 17.1. The highest BCUT2D eigenvalue weighted by Gasteiger charge is 2.51. The van der Waals surface area contributed by atoms with Crippen LogP contribution in [0.1, 0.15) is 18.4 Å². The monoisotopic (exact) mass is 384 g/mol. The second-order valence-electron chi connectivity index (χ2n) is 6.31. The summed E-state index contributed by atoms with van der Waals surface area (Å²) in [7, 11) is 1.63. The molecule has 0 saturated heterocycles. The van der Waals surface area contributed by atoms with E-state index in [0.29, 0.717) is 10.2 Å². The highest BCUT2D eigenvalue weighted by Crippen LogP contribution is 2.49. The van der Waals surface area contributed by atoms with Gasteiger partial charge in [0.2, 0.25) is 5.91 Å². The van der Waals surface area contributed by atoms with Crippen LogP contribution in [0, 0.1) is 0 Å². The summed E-state index contributed by atoms with van der Waals surface area (Å²) in [6.45, 7) is 0. The zero-order valence-electron chi connectivity index (χ0n) is 14.2. The Labute approximate surface area is 160 Å². The number of benzene rings is 2. The summed E-state index contributed by atoms with van der Waals surface area (Å²) in [5, 5.41) is 6.17. The zero-order valence-corrected chi connectivity index (χ0v) is 15.7. The van der Waals surface area contributed by atoms with Crippen molar-refractivity contribution in [1.82, 2.24) is 4.98 Å². The van der Waals surface area contributed by atoms with Crippen molar-refractivity contribution in [2.45, 2.75) is 18.3 Å². The number of nitrogens with one attached hydrogen (secondary N) is 1. The first-order valence-corrected chi connectivity index (χ1v) is 9.54. The third-order valence-electron chi connectivity index (χ3n) is 4.67. The van der Waals surface area contributed by atoms with Crippen molar-refractivity contribution in [3.05, 3.63) is 64.5 Å². The molecule has 1 aliphatic rings. The first-order valence-electron chi connectivity index (χ1n) is 8.28. The van der Waals surface area contributed by atoms with Crippen LogP contribution >= 0.6 is 22.9 Å². The Bertz CT molecular complexity index is 948. The molecular formula is C20H17ClN2O2S. The SMILES string of the molecule is COc1ccc(C2(C(=O)Nc3nc(-c4cccc(Cl)c4)cs3)CC2)cc1. The maximum absolute atomic E-state index is 12.9. The number of thiazole rings is 1. The van der Waals surface area contributed by atoms with Gasteiger partial charge in [-0.05, 0) is 42.7 Å². The second kappa shape index (κ2) is 6.74. The molecule has 0 bridgehead atoms. The molecule has 6 heteroatoms. The van der Waals surface area contributed by atoms with Gasteiger partial charge in [0.05, 0.1) is 18.2 Å². The summed E-state index contributed by atoms with van der Waals surface area (Å²) in [4.78, 5) is 17.4. The Hall–Kier alpha value is -2.37. The molecular weight excluding hydrogens is 368 g/mol. The van der Waals surface area contributed by atoms with E-state index in [1.165, 1.54) is 11.3 Å². The fourth-order valence-corrected chi connectivity index (χ4v) is 3.92. The van der Waals surface area contributed by atoms with Crippen LogP contribution in [0.5, 0.6) is 5.75 Å². The Balaban J connectivity index is 1.51. The molecule has 1 fully saturated rings. The Morgan fingerprint density at radius 2 is 2.00 bits per heavy atom. The van der Waals surface area contributed by atoms with E-state index in [1.807, 2.05) is 53.9 Å². The lowest BCUT2D eigenvalue weighted by atomic mass is 9.95. The van der Waals surface area contributed by atoms with Crippen molar-refractivity contribution in [3.63, 3.8) is 0 Å². The van der Waals surface area contributed by atoms with E-state index in [4.69, 9.17) is 16.3 Å². The third-order valence-corrected chi connectivity index (χ3v) is 5.67. The molecule has 4 nitrogen and oxygen atoms in total. The van der Waals surface area contributed by atoms with Crippen LogP contribution in [0.4, 0.5) is 5.13 Å². The molecule has 0 unspecified atom stereocenters. The molecule has 0 aliphatic heterocycles. The lowest BCUT2D eigenvalue weighted by Crippen LogP contribution is -2.27. The Morgan fingerprint density at radius 3 is 2.65 bits per heavy atom. The number of halogens is 1. The van der Waals surface area contributed by atoms with Crippen LogP contribution in [0.25, 0.3) is 11.3 Å². The van der Waals surface area contributed by atoms with Crippen LogP contribution in [-0.2, 0) is 10.2 Å². The van der Waals surface area contributed by atoms with Crippen LogP contribution in [-0.4, -0.2) is 18.0 Å².